The third-order valence-electron chi connectivity index (χ3n) is 5.16. The molecule has 0 amide bonds. The zero-order valence-corrected chi connectivity index (χ0v) is 16.9. The number of hydrogen-bond donors (Lipinski definition) is 1. The number of hydrogen-bond acceptors (Lipinski definition) is 4. The molecule has 1 aliphatic heterocycles. The van der Waals surface area contributed by atoms with Crippen LogP contribution in [0.25, 0.3) is 0 Å². The van der Waals surface area contributed by atoms with Gasteiger partial charge in [-0.05, 0) is 41.3 Å². The van der Waals surface area contributed by atoms with Crippen molar-refractivity contribution in [2.75, 3.05) is 33.3 Å². The van der Waals surface area contributed by atoms with E-state index in [4.69, 9.17) is 4.74 Å². The van der Waals surface area contributed by atoms with Crippen LogP contribution in [0.4, 0.5) is 13.2 Å². The Labute approximate surface area is 169 Å². The summed E-state index contributed by atoms with van der Waals surface area (Å²) in [5, 5.41) is 3.35. The van der Waals surface area contributed by atoms with E-state index in [0.717, 1.165) is 43.1 Å². The summed E-state index contributed by atoms with van der Waals surface area (Å²) in [5.74, 6) is 0.905. The predicted molar refractivity (Wildman–Crippen MR) is 106 cm³/mol. The number of halogens is 3. The van der Waals surface area contributed by atoms with Gasteiger partial charge in [0.25, 0.3) is 0 Å². The number of benzene rings is 2. The average molecular weight is 408 g/mol. The van der Waals surface area contributed by atoms with E-state index in [1.807, 2.05) is 6.07 Å². The number of nitrogens with one attached hydrogen (secondary N) is 1. The molecule has 0 spiro atoms. The van der Waals surface area contributed by atoms with Gasteiger partial charge in [-0.2, -0.15) is 0 Å². The van der Waals surface area contributed by atoms with E-state index in [9.17, 15) is 13.2 Å². The summed E-state index contributed by atoms with van der Waals surface area (Å²) in [6, 6.07) is 12.2. The van der Waals surface area contributed by atoms with Crippen LogP contribution >= 0.6 is 0 Å². The molecule has 1 fully saturated rings. The topological polar surface area (TPSA) is 33.7 Å². The molecule has 1 heterocycles. The minimum atomic E-state index is -4.70. The Balaban J connectivity index is 2.03. The SMILES string of the molecule is COc1ccc(C(C)C)cc1[C@@H](c1ccc(OC(F)(F)F)cc1)N1CCNCC1. The summed E-state index contributed by atoms with van der Waals surface area (Å²) in [6.45, 7) is 7.65. The zero-order valence-electron chi connectivity index (χ0n) is 16.9. The Hall–Kier alpha value is -2.25. The van der Waals surface area contributed by atoms with Crippen molar-refractivity contribution >= 4 is 0 Å². The van der Waals surface area contributed by atoms with Crippen molar-refractivity contribution in [2.24, 2.45) is 0 Å². The summed E-state index contributed by atoms with van der Waals surface area (Å²) in [4.78, 5) is 2.33. The second-order valence-corrected chi connectivity index (χ2v) is 7.46. The highest BCUT2D eigenvalue weighted by Gasteiger charge is 2.32. The molecular weight excluding hydrogens is 381 g/mol. The fraction of sp³-hybridized carbons (Fsp3) is 0.455. The van der Waals surface area contributed by atoms with Crippen molar-refractivity contribution in [3.8, 4) is 11.5 Å². The van der Waals surface area contributed by atoms with Gasteiger partial charge in [0.2, 0.25) is 0 Å². The molecule has 1 N–H and O–H groups in total. The van der Waals surface area contributed by atoms with Gasteiger partial charge in [0, 0.05) is 31.7 Å². The van der Waals surface area contributed by atoms with Gasteiger partial charge >= 0.3 is 6.36 Å². The molecule has 1 aliphatic rings. The summed E-state index contributed by atoms with van der Waals surface area (Å²) in [6.07, 6.45) is -4.70. The number of methoxy groups -OCH3 is 1. The van der Waals surface area contributed by atoms with E-state index in [0.29, 0.717) is 5.92 Å². The average Bonchev–Trinajstić information content (AvgIpc) is 2.69. The lowest BCUT2D eigenvalue weighted by Crippen LogP contribution is -2.45. The molecular formula is C22H27F3N2O2. The van der Waals surface area contributed by atoms with E-state index in [-0.39, 0.29) is 11.8 Å². The van der Waals surface area contributed by atoms with Crippen LogP contribution in [0, 0.1) is 0 Å². The maximum Gasteiger partial charge on any atom is 0.573 e. The van der Waals surface area contributed by atoms with Crippen molar-refractivity contribution in [1.82, 2.24) is 10.2 Å². The molecule has 0 aromatic heterocycles. The third-order valence-corrected chi connectivity index (χ3v) is 5.16. The highest BCUT2D eigenvalue weighted by molar-refractivity contribution is 5.45. The van der Waals surface area contributed by atoms with Gasteiger partial charge in [-0.25, -0.2) is 0 Å². The minimum absolute atomic E-state index is 0.120. The molecule has 1 atom stereocenters. The molecule has 1 saturated heterocycles. The number of alkyl halides is 3. The van der Waals surface area contributed by atoms with E-state index in [1.54, 1.807) is 19.2 Å². The molecule has 0 saturated carbocycles. The predicted octanol–water partition coefficient (Wildman–Crippen LogP) is 4.71. The molecule has 0 unspecified atom stereocenters. The van der Waals surface area contributed by atoms with Crippen molar-refractivity contribution in [3.63, 3.8) is 0 Å². The van der Waals surface area contributed by atoms with Crippen LogP contribution in [0.15, 0.2) is 42.5 Å². The molecule has 29 heavy (non-hydrogen) atoms. The van der Waals surface area contributed by atoms with E-state index < -0.39 is 6.36 Å². The van der Waals surface area contributed by atoms with Gasteiger partial charge in [-0.3, -0.25) is 4.90 Å². The molecule has 2 aromatic rings. The first-order valence-electron chi connectivity index (χ1n) is 9.77. The van der Waals surface area contributed by atoms with Crippen LogP contribution < -0.4 is 14.8 Å². The van der Waals surface area contributed by atoms with Crippen LogP contribution in [0.3, 0.4) is 0 Å². The van der Waals surface area contributed by atoms with Crippen molar-refractivity contribution in [3.05, 3.63) is 59.2 Å². The molecule has 158 valence electrons. The third kappa shape index (κ3) is 5.42. The first kappa shape index (κ1) is 21.5. The highest BCUT2D eigenvalue weighted by atomic mass is 19.4. The lowest BCUT2D eigenvalue weighted by atomic mass is 9.91. The molecule has 4 nitrogen and oxygen atoms in total. The van der Waals surface area contributed by atoms with Gasteiger partial charge in [-0.1, -0.05) is 32.0 Å². The first-order chi connectivity index (χ1) is 13.8. The van der Waals surface area contributed by atoms with Gasteiger partial charge in [0.15, 0.2) is 0 Å². The van der Waals surface area contributed by atoms with Crippen molar-refractivity contribution in [2.45, 2.75) is 32.2 Å². The Bertz CT molecular complexity index is 801. The standard InChI is InChI=1S/C22H27F3N2O2/c1-15(2)17-6-9-20(28-3)19(14-17)21(27-12-10-26-11-13-27)16-4-7-18(8-5-16)29-22(23,24)25/h4-9,14-15,21,26H,10-13H2,1-3H3/t21-/m1/s1. The van der Waals surface area contributed by atoms with Crippen molar-refractivity contribution < 1.29 is 22.6 Å². The number of rotatable bonds is 6. The lowest BCUT2D eigenvalue weighted by molar-refractivity contribution is -0.274. The summed E-state index contributed by atoms with van der Waals surface area (Å²) >= 11 is 0. The summed E-state index contributed by atoms with van der Waals surface area (Å²) in [5.41, 5.74) is 3.11. The molecule has 0 radical (unpaired) electrons. The summed E-state index contributed by atoms with van der Waals surface area (Å²) in [7, 11) is 1.64. The number of piperazine rings is 1. The van der Waals surface area contributed by atoms with E-state index >= 15 is 0 Å². The van der Waals surface area contributed by atoms with Crippen molar-refractivity contribution in [1.29, 1.82) is 0 Å². The van der Waals surface area contributed by atoms with Crippen LogP contribution in [0.1, 0.15) is 42.5 Å². The normalized spacial score (nSPS) is 16.7. The molecule has 3 rings (SSSR count). The Morgan fingerprint density at radius 3 is 2.14 bits per heavy atom. The largest absolute Gasteiger partial charge is 0.573 e. The maximum atomic E-state index is 12.5. The number of ether oxygens (including phenoxy) is 2. The molecule has 0 bridgehead atoms. The van der Waals surface area contributed by atoms with E-state index in [1.165, 1.54) is 17.7 Å². The quantitative estimate of drug-likeness (QED) is 0.751. The Kier molecular flexibility index (Phi) is 6.70. The second kappa shape index (κ2) is 9.05. The molecule has 2 aromatic carbocycles. The monoisotopic (exact) mass is 408 g/mol. The van der Waals surface area contributed by atoms with Gasteiger partial charge < -0.3 is 14.8 Å². The lowest BCUT2D eigenvalue weighted by Gasteiger charge is -2.36. The van der Waals surface area contributed by atoms with Gasteiger partial charge in [-0.15, -0.1) is 13.2 Å². The van der Waals surface area contributed by atoms with Crippen LogP contribution in [0.5, 0.6) is 11.5 Å². The van der Waals surface area contributed by atoms with Crippen LogP contribution in [0.2, 0.25) is 0 Å². The second-order valence-electron chi connectivity index (χ2n) is 7.46. The Morgan fingerprint density at radius 2 is 1.59 bits per heavy atom. The molecule has 0 aliphatic carbocycles. The summed E-state index contributed by atoms with van der Waals surface area (Å²) < 4.78 is 47.2. The number of nitrogens with zero attached hydrogens (tertiary/aromatic N) is 1. The zero-order chi connectivity index (χ0) is 21.0. The maximum absolute atomic E-state index is 12.5. The van der Waals surface area contributed by atoms with Gasteiger partial charge in [0.05, 0.1) is 13.2 Å². The molecule has 7 heteroatoms. The fourth-order valence-electron chi connectivity index (χ4n) is 3.70. The van der Waals surface area contributed by atoms with Crippen LogP contribution in [-0.4, -0.2) is 44.6 Å². The highest BCUT2D eigenvalue weighted by Crippen LogP contribution is 2.37. The fourth-order valence-corrected chi connectivity index (χ4v) is 3.70. The smallest absolute Gasteiger partial charge is 0.496 e. The minimum Gasteiger partial charge on any atom is -0.496 e. The van der Waals surface area contributed by atoms with Gasteiger partial charge in [0.1, 0.15) is 11.5 Å². The Morgan fingerprint density at radius 1 is 0.966 bits per heavy atom. The van der Waals surface area contributed by atoms with Crippen LogP contribution in [-0.2, 0) is 0 Å². The van der Waals surface area contributed by atoms with E-state index in [2.05, 4.69) is 40.9 Å². The first-order valence-corrected chi connectivity index (χ1v) is 9.77.